The van der Waals surface area contributed by atoms with Crippen molar-refractivity contribution in [2.45, 2.75) is 12.8 Å². The molecular formula is C13H15N4O4P. The monoisotopic (exact) mass is 322 g/mol. The van der Waals surface area contributed by atoms with Crippen molar-refractivity contribution in [3.8, 4) is 0 Å². The van der Waals surface area contributed by atoms with Crippen LogP contribution in [-0.4, -0.2) is 39.4 Å². The Bertz CT molecular complexity index is 886. The third-order valence-electron chi connectivity index (χ3n) is 3.54. The number of aliphatic hydroxyl groups excluding tert-OH is 1. The van der Waals surface area contributed by atoms with E-state index in [1.54, 1.807) is 6.07 Å². The SMILES string of the molecule is COP(=O)(OC)C(O)c1cc2cc(C)ccc2n2nnnc12. The summed E-state index contributed by atoms with van der Waals surface area (Å²) >= 11 is 0. The lowest BCUT2D eigenvalue weighted by molar-refractivity contribution is 0.176. The molecule has 2 heterocycles. The quantitative estimate of drug-likeness (QED) is 0.734. The molecule has 9 heteroatoms. The van der Waals surface area contributed by atoms with Crippen LogP contribution in [0.25, 0.3) is 16.6 Å². The van der Waals surface area contributed by atoms with Gasteiger partial charge in [-0.2, -0.15) is 4.52 Å². The third-order valence-corrected chi connectivity index (χ3v) is 5.43. The summed E-state index contributed by atoms with van der Waals surface area (Å²) in [5.74, 6) is -1.49. The number of hydrogen-bond acceptors (Lipinski definition) is 7. The highest BCUT2D eigenvalue weighted by Crippen LogP contribution is 2.59. The zero-order valence-electron chi connectivity index (χ0n) is 12.3. The van der Waals surface area contributed by atoms with Crippen molar-refractivity contribution >= 4 is 24.1 Å². The average Bonchev–Trinajstić information content (AvgIpc) is 3.02. The standard InChI is InChI=1S/C13H15N4O4P/c1-8-4-5-11-9(6-8)7-10(12-14-15-16-17(11)12)13(18)22(19,20-2)21-3/h4-7,13,18H,1-3H3. The highest BCUT2D eigenvalue weighted by atomic mass is 31.2. The molecule has 1 aromatic carbocycles. The fraction of sp³-hybridized carbons (Fsp3) is 0.308. The topological polar surface area (TPSA) is 98.8 Å². The van der Waals surface area contributed by atoms with E-state index in [1.165, 1.54) is 18.7 Å². The number of tetrazole rings is 1. The predicted molar refractivity (Wildman–Crippen MR) is 79.6 cm³/mol. The van der Waals surface area contributed by atoms with Crippen LogP contribution in [0.15, 0.2) is 24.3 Å². The van der Waals surface area contributed by atoms with Crippen LogP contribution in [0.4, 0.5) is 0 Å². The molecule has 0 fully saturated rings. The van der Waals surface area contributed by atoms with Crippen molar-refractivity contribution in [2.24, 2.45) is 0 Å². The molecule has 0 aliphatic rings. The molecule has 0 saturated heterocycles. The van der Waals surface area contributed by atoms with Gasteiger partial charge in [0.2, 0.25) is 0 Å². The van der Waals surface area contributed by atoms with Crippen LogP contribution in [0.2, 0.25) is 0 Å². The van der Waals surface area contributed by atoms with Gasteiger partial charge in [0, 0.05) is 25.2 Å². The zero-order chi connectivity index (χ0) is 15.9. The summed E-state index contributed by atoms with van der Waals surface area (Å²) in [5, 5.41) is 22.7. The summed E-state index contributed by atoms with van der Waals surface area (Å²) < 4.78 is 23.7. The number of aliphatic hydroxyl groups is 1. The first-order valence-electron chi connectivity index (χ1n) is 6.51. The second kappa shape index (κ2) is 5.40. The van der Waals surface area contributed by atoms with E-state index in [2.05, 4.69) is 15.5 Å². The predicted octanol–water partition coefficient (Wildman–Crippen LogP) is 2.06. The molecule has 3 rings (SSSR count). The van der Waals surface area contributed by atoms with Gasteiger partial charge >= 0.3 is 7.60 Å². The fourth-order valence-electron chi connectivity index (χ4n) is 2.38. The number of hydrogen-bond donors (Lipinski definition) is 1. The Morgan fingerprint density at radius 1 is 1.27 bits per heavy atom. The van der Waals surface area contributed by atoms with Crippen LogP contribution < -0.4 is 0 Å². The maximum Gasteiger partial charge on any atom is 0.363 e. The summed E-state index contributed by atoms with van der Waals surface area (Å²) in [6.07, 6.45) is 0. The summed E-state index contributed by atoms with van der Waals surface area (Å²) in [5.41, 5.74) is 2.42. The van der Waals surface area contributed by atoms with E-state index in [0.29, 0.717) is 5.65 Å². The molecule has 0 amide bonds. The summed E-state index contributed by atoms with van der Waals surface area (Å²) in [4.78, 5) is 0. The van der Waals surface area contributed by atoms with Crippen molar-refractivity contribution < 1.29 is 18.7 Å². The van der Waals surface area contributed by atoms with Crippen molar-refractivity contribution in [3.63, 3.8) is 0 Å². The molecule has 0 bridgehead atoms. The highest BCUT2D eigenvalue weighted by Gasteiger charge is 2.36. The molecule has 1 unspecified atom stereocenters. The van der Waals surface area contributed by atoms with Crippen LogP contribution in [0.5, 0.6) is 0 Å². The van der Waals surface area contributed by atoms with Crippen LogP contribution in [-0.2, 0) is 13.6 Å². The maximum absolute atomic E-state index is 12.4. The molecule has 2 aromatic heterocycles. The van der Waals surface area contributed by atoms with E-state index in [1.807, 2.05) is 25.1 Å². The van der Waals surface area contributed by atoms with Gasteiger partial charge in [-0.05, 0) is 35.5 Å². The Hall–Kier alpha value is -1.86. The van der Waals surface area contributed by atoms with E-state index in [9.17, 15) is 9.67 Å². The first-order chi connectivity index (χ1) is 10.5. The number of rotatable bonds is 4. The number of nitrogens with zero attached hydrogens (tertiary/aromatic N) is 4. The molecule has 0 saturated carbocycles. The first kappa shape index (κ1) is 15.1. The molecule has 22 heavy (non-hydrogen) atoms. The second-order valence-electron chi connectivity index (χ2n) is 4.85. The van der Waals surface area contributed by atoms with Gasteiger partial charge in [0.25, 0.3) is 0 Å². The van der Waals surface area contributed by atoms with Crippen LogP contribution in [0.3, 0.4) is 0 Å². The number of aromatic nitrogens is 4. The molecule has 0 aliphatic carbocycles. The normalized spacial score (nSPS) is 13.8. The Morgan fingerprint density at radius 2 is 2.00 bits per heavy atom. The Kier molecular flexibility index (Phi) is 3.70. The largest absolute Gasteiger partial charge is 0.376 e. The number of aryl methyl sites for hydroxylation is 1. The van der Waals surface area contributed by atoms with E-state index < -0.39 is 13.4 Å². The van der Waals surface area contributed by atoms with Gasteiger partial charge in [0.1, 0.15) is 0 Å². The Morgan fingerprint density at radius 3 is 2.68 bits per heavy atom. The van der Waals surface area contributed by atoms with Crippen molar-refractivity contribution in [2.75, 3.05) is 14.2 Å². The van der Waals surface area contributed by atoms with Gasteiger partial charge in [-0.1, -0.05) is 11.6 Å². The smallest absolute Gasteiger partial charge is 0.363 e. The molecule has 1 N–H and O–H groups in total. The van der Waals surface area contributed by atoms with Gasteiger partial charge in [0.15, 0.2) is 11.5 Å². The third kappa shape index (κ3) is 2.21. The molecule has 3 aromatic rings. The van der Waals surface area contributed by atoms with Crippen molar-refractivity contribution in [1.82, 2.24) is 20.0 Å². The first-order valence-corrected chi connectivity index (χ1v) is 8.12. The van der Waals surface area contributed by atoms with Gasteiger partial charge < -0.3 is 14.2 Å². The van der Waals surface area contributed by atoms with Gasteiger partial charge in [-0.15, -0.1) is 5.10 Å². The zero-order valence-corrected chi connectivity index (χ0v) is 13.2. The highest BCUT2D eigenvalue weighted by molar-refractivity contribution is 7.54. The van der Waals surface area contributed by atoms with Crippen LogP contribution >= 0.6 is 7.60 Å². The lowest BCUT2D eigenvalue weighted by atomic mass is 10.1. The number of benzene rings is 1. The van der Waals surface area contributed by atoms with Crippen LogP contribution in [0.1, 0.15) is 17.0 Å². The molecule has 0 radical (unpaired) electrons. The van der Waals surface area contributed by atoms with Gasteiger partial charge in [0.05, 0.1) is 5.52 Å². The van der Waals surface area contributed by atoms with E-state index >= 15 is 0 Å². The number of pyridine rings is 1. The maximum atomic E-state index is 12.4. The molecule has 0 aliphatic heterocycles. The lowest BCUT2D eigenvalue weighted by Gasteiger charge is -2.20. The van der Waals surface area contributed by atoms with Gasteiger partial charge in [-0.25, -0.2) is 0 Å². The second-order valence-corrected chi connectivity index (χ2v) is 7.15. The summed E-state index contributed by atoms with van der Waals surface area (Å²) in [6.45, 7) is 1.95. The van der Waals surface area contributed by atoms with E-state index in [-0.39, 0.29) is 5.56 Å². The Labute approximate surface area is 126 Å². The Balaban J connectivity index is 2.32. The summed E-state index contributed by atoms with van der Waals surface area (Å²) in [6, 6.07) is 7.45. The molecule has 8 nitrogen and oxygen atoms in total. The summed E-state index contributed by atoms with van der Waals surface area (Å²) in [7, 11) is -1.28. The molecule has 1 atom stereocenters. The molecule has 116 valence electrons. The fourth-order valence-corrected chi connectivity index (χ4v) is 3.46. The van der Waals surface area contributed by atoms with Crippen LogP contribution in [0, 0.1) is 6.92 Å². The van der Waals surface area contributed by atoms with Gasteiger partial charge in [-0.3, -0.25) is 4.57 Å². The lowest BCUT2D eigenvalue weighted by Crippen LogP contribution is -2.06. The minimum absolute atomic E-state index is 0.287. The minimum atomic E-state index is -3.72. The number of fused-ring (bicyclic) bond motifs is 3. The average molecular weight is 322 g/mol. The van der Waals surface area contributed by atoms with E-state index in [0.717, 1.165) is 16.5 Å². The molecular weight excluding hydrogens is 307 g/mol. The van der Waals surface area contributed by atoms with E-state index in [4.69, 9.17) is 9.05 Å². The molecule has 0 spiro atoms. The van der Waals surface area contributed by atoms with Crippen molar-refractivity contribution in [3.05, 3.63) is 35.4 Å². The van der Waals surface area contributed by atoms with Crippen molar-refractivity contribution in [1.29, 1.82) is 0 Å². The minimum Gasteiger partial charge on any atom is -0.376 e.